The van der Waals surface area contributed by atoms with Gasteiger partial charge in [-0.15, -0.1) is 10.2 Å². The van der Waals surface area contributed by atoms with Crippen LogP contribution in [0.2, 0.25) is 0 Å². The molecule has 7 heteroatoms. The molecule has 1 saturated carbocycles. The van der Waals surface area contributed by atoms with Gasteiger partial charge in [0.05, 0.1) is 5.75 Å². The third-order valence-electron chi connectivity index (χ3n) is 3.46. The Bertz CT molecular complexity index is 667. The molecule has 1 aliphatic carbocycles. The molecule has 1 amide bonds. The van der Waals surface area contributed by atoms with Gasteiger partial charge in [0, 0.05) is 21.7 Å². The summed E-state index contributed by atoms with van der Waals surface area (Å²) in [7, 11) is 0. The standard InChI is InChI=1S/C15H17IN4OS/c1-2-20-14(10-3-4-10)18-19-15(20)22-9-13(21)17-12-7-5-11(16)6-8-12/h5-8,10H,2-4,9H2,1H3,(H,17,21). The van der Waals surface area contributed by atoms with Crippen molar-refractivity contribution in [3.63, 3.8) is 0 Å². The van der Waals surface area contributed by atoms with Crippen molar-refractivity contribution in [2.45, 2.75) is 37.4 Å². The SMILES string of the molecule is CCn1c(SCC(=O)Nc2ccc(I)cc2)nnc1C1CC1. The highest BCUT2D eigenvalue weighted by atomic mass is 127. The molecule has 1 aromatic carbocycles. The van der Waals surface area contributed by atoms with Crippen LogP contribution in [0.5, 0.6) is 0 Å². The summed E-state index contributed by atoms with van der Waals surface area (Å²) in [6.45, 7) is 2.94. The average Bonchev–Trinajstić information content (AvgIpc) is 3.27. The minimum Gasteiger partial charge on any atom is -0.325 e. The molecule has 0 saturated heterocycles. The van der Waals surface area contributed by atoms with E-state index >= 15 is 0 Å². The molecule has 0 bridgehead atoms. The fraction of sp³-hybridized carbons (Fsp3) is 0.400. The van der Waals surface area contributed by atoms with Gasteiger partial charge < -0.3 is 9.88 Å². The maximum absolute atomic E-state index is 12.0. The number of halogens is 1. The topological polar surface area (TPSA) is 59.8 Å². The van der Waals surface area contributed by atoms with Crippen molar-refractivity contribution in [2.75, 3.05) is 11.1 Å². The highest BCUT2D eigenvalue weighted by molar-refractivity contribution is 14.1. The number of aromatic nitrogens is 3. The van der Waals surface area contributed by atoms with Crippen LogP contribution in [0.15, 0.2) is 29.4 Å². The Balaban J connectivity index is 1.57. The summed E-state index contributed by atoms with van der Waals surface area (Å²) in [6, 6.07) is 7.76. The minimum absolute atomic E-state index is 0.0233. The fourth-order valence-corrected chi connectivity index (χ4v) is 3.38. The van der Waals surface area contributed by atoms with Crippen molar-refractivity contribution in [3.05, 3.63) is 33.7 Å². The molecule has 116 valence electrons. The Morgan fingerprint density at radius 2 is 2.09 bits per heavy atom. The van der Waals surface area contributed by atoms with E-state index in [9.17, 15) is 4.79 Å². The predicted molar refractivity (Wildman–Crippen MR) is 96.2 cm³/mol. The van der Waals surface area contributed by atoms with E-state index in [0.29, 0.717) is 11.7 Å². The molecule has 0 atom stereocenters. The Morgan fingerprint density at radius 1 is 1.36 bits per heavy atom. The lowest BCUT2D eigenvalue weighted by atomic mass is 10.3. The second-order valence-corrected chi connectivity index (χ2v) is 7.39. The van der Waals surface area contributed by atoms with Crippen molar-refractivity contribution < 1.29 is 4.79 Å². The van der Waals surface area contributed by atoms with Crippen molar-refractivity contribution in [3.8, 4) is 0 Å². The average molecular weight is 428 g/mol. The van der Waals surface area contributed by atoms with Gasteiger partial charge in [-0.05, 0) is 66.6 Å². The molecule has 1 heterocycles. The first-order chi connectivity index (χ1) is 10.7. The number of anilines is 1. The van der Waals surface area contributed by atoms with E-state index in [1.54, 1.807) is 0 Å². The maximum Gasteiger partial charge on any atom is 0.234 e. The monoisotopic (exact) mass is 428 g/mol. The van der Waals surface area contributed by atoms with E-state index in [1.807, 2.05) is 24.3 Å². The van der Waals surface area contributed by atoms with E-state index in [0.717, 1.165) is 26.8 Å². The van der Waals surface area contributed by atoms with Gasteiger partial charge in [0.25, 0.3) is 0 Å². The first-order valence-electron chi connectivity index (χ1n) is 7.28. The number of rotatable bonds is 6. The van der Waals surface area contributed by atoms with Crippen LogP contribution in [0.3, 0.4) is 0 Å². The van der Waals surface area contributed by atoms with Gasteiger partial charge >= 0.3 is 0 Å². The zero-order valence-corrected chi connectivity index (χ0v) is 15.2. The molecule has 1 fully saturated rings. The van der Waals surface area contributed by atoms with Crippen LogP contribution in [0.25, 0.3) is 0 Å². The van der Waals surface area contributed by atoms with Gasteiger partial charge in [0.1, 0.15) is 5.82 Å². The lowest BCUT2D eigenvalue weighted by Gasteiger charge is -2.07. The molecule has 3 rings (SSSR count). The Hall–Kier alpha value is -1.09. The van der Waals surface area contributed by atoms with Gasteiger partial charge in [-0.1, -0.05) is 11.8 Å². The van der Waals surface area contributed by atoms with Crippen molar-refractivity contribution in [1.82, 2.24) is 14.8 Å². The largest absolute Gasteiger partial charge is 0.325 e. The summed E-state index contributed by atoms with van der Waals surface area (Å²) in [5.41, 5.74) is 0.821. The second-order valence-electron chi connectivity index (χ2n) is 5.20. The Labute approximate surface area is 147 Å². The van der Waals surface area contributed by atoms with E-state index in [4.69, 9.17) is 0 Å². The van der Waals surface area contributed by atoms with Crippen LogP contribution in [0.1, 0.15) is 31.5 Å². The highest BCUT2D eigenvalue weighted by Gasteiger charge is 2.30. The zero-order valence-electron chi connectivity index (χ0n) is 12.3. The van der Waals surface area contributed by atoms with Gasteiger partial charge in [-0.3, -0.25) is 4.79 Å². The lowest BCUT2D eigenvalue weighted by molar-refractivity contribution is -0.113. The van der Waals surface area contributed by atoms with Gasteiger partial charge in [-0.25, -0.2) is 0 Å². The molecule has 0 unspecified atom stereocenters. The van der Waals surface area contributed by atoms with Crippen molar-refractivity contribution in [1.29, 1.82) is 0 Å². The maximum atomic E-state index is 12.0. The molecule has 1 N–H and O–H groups in total. The molecule has 0 spiro atoms. The van der Waals surface area contributed by atoms with E-state index < -0.39 is 0 Å². The quantitative estimate of drug-likeness (QED) is 0.565. The number of carbonyl (C=O) groups excluding carboxylic acids is 1. The normalized spacial score (nSPS) is 14.1. The van der Waals surface area contributed by atoms with Crippen LogP contribution in [-0.4, -0.2) is 26.4 Å². The number of carbonyl (C=O) groups is 1. The smallest absolute Gasteiger partial charge is 0.234 e. The van der Waals surface area contributed by atoms with Crippen molar-refractivity contribution >= 4 is 45.9 Å². The van der Waals surface area contributed by atoms with Crippen LogP contribution < -0.4 is 5.32 Å². The van der Waals surface area contributed by atoms with Crippen molar-refractivity contribution in [2.24, 2.45) is 0 Å². The molecule has 1 aliphatic rings. The number of thioether (sulfide) groups is 1. The zero-order chi connectivity index (χ0) is 15.5. The van der Waals surface area contributed by atoms with Crippen LogP contribution in [-0.2, 0) is 11.3 Å². The molecule has 5 nitrogen and oxygen atoms in total. The molecular formula is C15H17IN4OS. The molecule has 0 aliphatic heterocycles. The van der Waals surface area contributed by atoms with E-state index in [1.165, 1.54) is 24.6 Å². The van der Waals surface area contributed by atoms with E-state index in [-0.39, 0.29) is 5.91 Å². The van der Waals surface area contributed by atoms with Crippen LogP contribution in [0, 0.1) is 3.57 Å². The molecule has 2 aromatic rings. The third kappa shape index (κ3) is 3.81. The van der Waals surface area contributed by atoms with Gasteiger partial charge in [0.2, 0.25) is 5.91 Å². The number of hydrogen-bond acceptors (Lipinski definition) is 4. The first-order valence-corrected chi connectivity index (χ1v) is 9.35. The Kier molecular flexibility index (Phi) is 5.02. The van der Waals surface area contributed by atoms with Gasteiger partial charge in [-0.2, -0.15) is 0 Å². The number of amides is 1. The molecule has 0 radical (unpaired) electrons. The highest BCUT2D eigenvalue weighted by Crippen LogP contribution is 2.39. The summed E-state index contributed by atoms with van der Waals surface area (Å²) < 4.78 is 3.27. The minimum atomic E-state index is -0.0233. The van der Waals surface area contributed by atoms with Crippen LogP contribution in [0.4, 0.5) is 5.69 Å². The number of nitrogens with zero attached hydrogens (tertiary/aromatic N) is 3. The predicted octanol–water partition coefficient (Wildman–Crippen LogP) is 3.51. The van der Waals surface area contributed by atoms with E-state index in [2.05, 4.69) is 49.6 Å². The number of benzene rings is 1. The lowest BCUT2D eigenvalue weighted by Crippen LogP contribution is -2.14. The van der Waals surface area contributed by atoms with Gasteiger partial charge in [0.15, 0.2) is 5.16 Å². The second kappa shape index (κ2) is 6.99. The number of hydrogen-bond donors (Lipinski definition) is 1. The summed E-state index contributed by atoms with van der Waals surface area (Å²) in [5.74, 6) is 1.96. The summed E-state index contributed by atoms with van der Waals surface area (Å²) in [5, 5.41) is 12.2. The summed E-state index contributed by atoms with van der Waals surface area (Å²) in [6.07, 6.45) is 2.41. The number of nitrogens with one attached hydrogen (secondary N) is 1. The summed E-state index contributed by atoms with van der Waals surface area (Å²) in [4.78, 5) is 12.0. The Morgan fingerprint density at radius 3 is 2.73 bits per heavy atom. The van der Waals surface area contributed by atoms with Crippen LogP contribution >= 0.6 is 34.4 Å². The molecule has 22 heavy (non-hydrogen) atoms. The first kappa shape index (κ1) is 15.8. The fourth-order valence-electron chi connectivity index (χ4n) is 2.21. The summed E-state index contributed by atoms with van der Waals surface area (Å²) >= 11 is 3.68. The molecular weight excluding hydrogens is 411 g/mol. The third-order valence-corrected chi connectivity index (χ3v) is 5.15. The molecule has 1 aromatic heterocycles.